The molecule has 0 amide bonds. The van der Waals surface area contributed by atoms with Crippen molar-refractivity contribution < 1.29 is 9.13 Å². The minimum Gasteiger partial charge on any atom is -0.487 e. The summed E-state index contributed by atoms with van der Waals surface area (Å²) in [7, 11) is 0. The van der Waals surface area contributed by atoms with E-state index in [1.54, 1.807) is 0 Å². The van der Waals surface area contributed by atoms with Crippen LogP contribution in [0.2, 0.25) is 5.02 Å². The molecule has 94 valence electrons. The molecule has 0 radical (unpaired) electrons. The SMILES string of the molecule is NNc1cc(OCc2ccccc2)c(Cl)cc1F. The molecule has 0 spiro atoms. The monoisotopic (exact) mass is 266 g/mol. The summed E-state index contributed by atoms with van der Waals surface area (Å²) in [6.07, 6.45) is 0. The first-order valence-electron chi connectivity index (χ1n) is 5.33. The van der Waals surface area contributed by atoms with Crippen molar-refractivity contribution in [1.82, 2.24) is 0 Å². The number of nitrogen functional groups attached to an aromatic ring is 1. The quantitative estimate of drug-likeness (QED) is 0.659. The maximum atomic E-state index is 13.3. The van der Waals surface area contributed by atoms with E-state index in [2.05, 4.69) is 5.43 Å². The van der Waals surface area contributed by atoms with Crippen LogP contribution in [0.1, 0.15) is 5.56 Å². The summed E-state index contributed by atoms with van der Waals surface area (Å²) in [5, 5.41) is 0.211. The number of hydrogen-bond donors (Lipinski definition) is 2. The molecule has 0 unspecified atom stereocenters. The maximum absolute atomic E-state index is 13.3. The van der Waals surface area contributed by atoms with Gasteiger partial charge in [-0.05, 0) is 11.6 Å². The number of nitrogens with two attached hydrogens (primary N) is 1. The summed E-state index contributed by atoms with van der Waals surface area (Å²) in [5.74, 6) is 5.05. The molecular weight excluding hydrogens is 255 g/mol. The van der Waals surface area contributed by atoms with Crippen LogP contribution in [0.25, 0.3) is 0 Å². The summed E-state index contributed by atoms with van der Waals surface area (Å²) in [6.45, 7) is 0.357. The Morgan fingerprint density at radius 3 is 2.61 bits per heavy atom. The van der Waals surface area contributed by atoms with Gasteiger partial charge in [0.2, 0.25) is 0 Å². The maximum Gasteiger partial charge on any atom is 0.149 e. The first-order chi connectivity index (χ1) is 8.70. The molecule has 0 aliphatic rings. The van der Waals surface area contributed by atoms with Crippen molar-refractivity contribution in [2.75, 3.05) is 5.43 Å². The highest BCUT2D eigenvalue weighted by atomic mass is 35.5. The molecule has 0 heterocycles. The van der Waals surface area contributed by atoms with E-state index in [1.165, 1.54) is 6.07 Å². The average Bonchev–Trinajstić information content (AvgIpc) is 2.39. The number of hydrogen-bond acceptors (Lipinski definition) is 3. The van der Waals surface area contributed by atoms with Gasteiger partial charge < -0.3 is 10.2 Å². The largest absolute Gasteiger partial charge is 0.487 e. The van der Waals surface area contributed by atoms with Gasteiger partial charge in [0.25, 0.3) is 0 Å². The van der Waals surface area contributed by atoms with Crippen molar-refractivity contribution in [2.45, 2.75) is 6.61 Å². The normalized spacial score (nSPS) is 10.2. The Kier molecular flexibility index (Phi) is 4.02. The summed E-state index contributed by atoms with van der Waals surface area (Å²) < 4.78 is 18.8. The Morgan fingerprint density at radius 2 is 1.94 bits per heavy atom. The van der Waals surface area contributed by atoms with E-state index in [0.717, 1.165) is 11.6 Å². The molecule has 0 aromatic heterocycles. The second-order valence-electron chi connectivity index (χ2n) is 3.68. The van der Waals surface area contributed by atoms with Crippen molar-refractivity contribution in [3.8, 4) is 5.75 Å². The lowest BCUT2D eigenvalue weighted by atomic mass is 10.2. The van der Waals surface area contributed by atoms with Crippen molar-refractivity contribution in [1.29, 1.82) is 0 Å². The van der Waals surface area contributed by atoms with Gasteiger partial charge in [0.05, 0.1) is 10.7 Å². The van der Waals surface area contributed by atoms with Crippen molar-refractivity contribution >= 4 is 17.3 Å². The van der Waals surface area contributed by atoms with Crippen LogP contribution >= 0.6 is 11.6 Å². The van der Waals surface area contributed by atoms with Crippen LogP contribution in [-0.2, 0) is 6.61 Å². The van der Waals surface area contributed by atoms with Crippen LogP contribution in [0, 0.1) is 5.82 Å². The van der Waals surface area contributed by atoms with E-state index < -0.39 is 5.82 Å². The average molecular weight is 267 g/mol. The standard InChI is InChI=1S/C13H12ClFN2O/c14-10-6-11(15)12(17-16)7-13(10)18-8-9-4-2-1-3-5-9/h1-7,17H,8,16H2. The van der Waals surface area contributed by atoms with Crippen molar-refractivity contribution in [3.05, 3.63) is 58.9 Å². The van der Waals surface area contributed by atoms with Crippen LogP contribution in [0.5, 0.6) is 5.75 Å². The highest BCUT2D eigenvalue weighted by molar-refractivity contribution is 6.32. The highest BCUT2D eigenvalue weighted by Gasteiger charge is 2.09. The van der Waals surface area contributed by atoms with E-state index in [0.29, 0.717) is 12.4 Å². The Morgan fingerprint density at radius 1 is 1.22 bits per heavy atom. The van der Waals surface area contributed by atoms with Gasteiger partial charge in [0, 0.05) is 6.07 Å². The highest BCUT2D eigenvalue weighted by Crippen LogP contribution is 2.30. The number of nitrogens with one attached hydrogen (secondary N) is 1. The molecule has 5 heteroatoms. The number of ether oxygens (including phenoxy) is 1. The third kappa shape index (κ3) is 2.91. The number of benzene rings is 2. The molecule has 2 rings (SSSR count). The third-order valence-corrected chi connectivity index (χ3v) is 2.71. The predicted molar refractivity (Wildman–Crippen MR) is 70.0 cm³/mol. The van der Waals surface area contributed by atoms with Gasteiger partial charge >= 0.3 is 0 Å². The van der Waals surface area contributed by atoms with Gasteiger partial charge in [-0.1, -0.05) is 41.9 Å². The van der Waals surface area contributed by atoms with E-state index in [4.69, 9.17) is 22.2 Å². The lowest BCUT2D eigenvalue weighted by Gasteiger charge is -2.10. The van der Waals surface area contributed by atoms with Crippen LogP contribution in [0.15, 0.2) is 42.5 Å². The summed E-state index contributed by atoms with van der Waals surface area (Å²) >= 11 is 5.89. The third-order valence-electron chi connectivity index (χ3n) is 2.41. The number of halogens is 2. The lowest BCUT2D eigenvalue weighted by Crippen LogP contribution is -2.09. The van der Waals surface area contributed by atoms with Crippen molar-refractivity contribution in [2.24, 2.45) is 5.84 Å². The fraction of sp³-hybridized carbons (Fsp3) is 0.0769. The second-order valence-corrected chi connectivity index (χ2v) is 4.09. The summed E-state index contributed by atoms with van der Waals surface area (Å²) in [5.41, 5.74) is 3.39. The topological polar surface area (TPSA) is 47.3 Å². The van der Waals surface area contributed by atoms with Crippen LogP contribution in [0.4, 0.5) is 10.1 Å². The van der Waals surface area contributed by atoms with E-state index in [-0.39, 0.29) is 10.7 Å². The smallest absolute Gasteiger partial charge is 0.149 e. The zero-order chi connectivity index (χ0) is 13.0. The van der Waals surface area contributed by atoms with Gasteiger partial charge in [0.1, 0.15) is 18.2 Å². The molecule has 0 aliphatic carbocycles. The van der Waals surface area contributed by atoms with Crippen LogP contribution in [-0.4, -0.2) is 0 Å². The molecule has 0 saturated carbocycles. The fourth-order valence-corrected chi connectivity index (χ4v) is 1.69. The van der Waals surface area contributed by atoms with Crippen LogP contribution < -0.4 is 16.0 Å². The molecule has 3 N–H and O–H groups in total. The summed E-state index contributed by atoms with van der Waals surface area (Å²) in [6, 6.07) is 12.2. The molecule has 2 aromatic carbocycles. The Bertz CT molecular complexity index is 534. The van der Waals surface area contributed by atoms with Gasteiger partial charge in [-0.2, -0.15) is 0 Å². The molecule has 0 fully saturated rings. The fourth-order valence-electron chi connectivity index (χ4n) is 1.49. The number of rotatable bonds is 4. The lowest BCUT2D eigenvalue weighted by molar-refractivity contribution is 0.306. The van der Waals surface area contributed by atoms with Gasteiger partial charge in [0.15, 0.2) is 0 Å². The molecule has 0 saturated heterocycles. The van der Waals surface area contributed by atoms with Gasteiger partial charge in [-0.25, -0.2) is 4.39 Å². The molecule has 0 aliphatic heterocycles. The Balaban J connectivity index is 2.14. The first kappa shape index (κ1) is 12.7. The molecule has 2 aromatic rings. The Hall–Kier alpha value is -1.78. The van der Waals surface area contributed by atoms with Crippen LogP contribution in [0.3, 0.4) is 0 Å². The zero-order valence-corrected chi connectivity index (χ0v) is 10.2. The van der Waals surface area contributed by atoms with E-state index in [9.17, 15) is 4.39 Å². The van der Waals surface area contributed by atoms with E-state index in [1.807, 2.05) is 30.3 Å². The molecule has 3 nitrogen and oxygen atoms in total. The van der Waals surface area contributed by atoms with Gasteiger partial charge in [-0.15, -0.1) is 0 Å². The van der Waals surface area contributed by atoms with Crippen molar-refractivity contribution in [3.63, 3.8) is 0 Å². The molecular formula is C13H12ClFN2O. The Labute approximate surface area is 109 Å². The zero-order valence-electron chi connectivity index (χ0n) is 9.49. The predicted octanol–water partition coefficient (Wildman–Crippen LogP) is 3.34. The minimum absolute atomic E-state index is 0.141. The van der Waals surface area contributed by atoms with Gasteiger partial charge in [-0.3, -0.25) is 5.84 Å². The molecule has 0 atom stereocenters. The molecule has 0 bridgehead atoms. The first-order valence-corrected chi connectivity index (χ1v) is 5.71. The number of anilines is 1. The van der Waals surface area contributed by atoms with E-state index >= 15 is 0 Å². The number of hydrazine groups is 1. The minimum atomic E-state index is -0.519. The second kappa shape index (κ2) is 5.71. The molecule has 18 heavy (non-hydrogen) atoms. The summed E-state index contributed by atoms with van der Waals surface area (Å²) in [4.78, 5) is 0.